The highest BCUT2D eigenvalue weighted by molar-refractivity contribution is 8.14. The molecule has 0 unspecified atom stereocenters. The Hall–Kier alpha value is -0.180. The van der Waals surface area contributed by atoms with E-state index in [0.29, 0.717) is 5.54 Å². The summed E-state index contributed by atoms with van der Waals surface area (Å²) in [5, 5.41) is 4.86. The molecule has 0 radical (unpaired) electrons. The largest absolute Gasteiger partial charge is 0.360 e. The maximum atomic E-state index is 4.97. The van der Waals surface area contributed by atoms with Gasteiger partial charge in [0.05, 0.1) is 5.54 Å². The Morgan fingerprint density at radius 2 is 1.94 bits per heavy atom. The molecule has 16 heavy (non-hydrogen) atoms. The number of nitrogens with zero attached hydrogens (tertiary/aromatic N) is 1. The van der Waals surface area contributed by atoms with Gasteiger partial charge in [0.25, 0.3) is 0 Å². The lowest BCUT2D eigenvalue weighted by atomic mass is 9.96. The number of hydrogen-bond acceptors (Lipinski definition) is 3. The number of aliphatic imine (C=N–C) groups is 1. The van der Waals surface area contributed by atoms with E-state index in [1.54, 1.807) is 0 Å². The summed E-state index contributed by atoms with van der Waals surface area (Å²) in [5.41, 5.74) is 0.547. The number of thioether (sulfide) groups is 1. The first-order valence-electron chi connectivity index (χ1n) is 6.62. The van der Waals surface area contributed by atoms with Gasteiger partial charge < -0.3 is 5.32 Å². The van der Waals surface area contributed by atoms with Crippen molar-refractivity contribution in [1.29, 1.82) is 0 Å². The molecule has 0 aromatic rings. The van der Waals surface area contributed by atoms with Gasteiger partial charge in [-0.1, -0.05) is 38.5 Å². The Morgan fingerprint density at radius 3 is 2.50 bits per heavy atom. The van der Waals surface area contributed by atoms with Crippen molar-refractivity contribution in [2.24, 2.45) is 4.99 Å². The number of amidine groups is 1. The average Bonchev–Trinajstić information content (AvgIpc) is 2.90. The van der Waals surface area contributed by atoms with E-state index in [2.05, 4.69) is 26.1 Å². The first-order valence-corrected chi connectivity index (χ1v) is 7.61. The van der Waals surface area contributed by atoms with Crippen LogP contribution in [0, 0.1) is 0 Å². The molecule has 0 amide bonds. The Morgan fingerprint density at radius 1 is 1.31 bits per heavy atom. The Balaban J connectivity index is 2.01. The lowest BCUT2D eigenvalue weighted by Crippen LogP contribution is -2.43. The fourth-order valence-corrected chi connectivity index (χ4v) is 3.86. The van der Waals surface area contributed by atoms with Gasteiger partial charge in [0.15, 0.2) is 5.17 Å². The third kappa shape index (κ3) is 2.39. The molecule has 1 fully saturated rings. The summed E-state index contributed by atoms with van der Waals surface area (Å²) in [7, 11) is 0. The molecule has 1 aliphatic carbocycles. The molecule has 0 saturated heterocycles. The van der Waals surface area contributed by atoms with Gasteiger partial charge in [0.2, 0.25) is 0 Å². The van der Waals surface area contributed by atoms with Crippen LogP contribution in [-0.4, -0.2) is 22.0 Å². The van der Waals surface area contributed by atoms with E-state index in [-0.39, 0.29) is 5.54 Å². The van der Waals surface area contributed by atoms with Crippen molar-refractivity contribution in [3.8, 4) is 0 Å². The highest BCUT2D eigenvalue weighted by Gasteiger charge is 2.39. The van der Waals surface area contributed by atoms with E-state index < -0.39 is 0 Å². The van der Waals surface area contributed by atoms with Crippen molar-refractivity contribution in [3.63, 3.8) is 0 Å². The lowest BCUT2D eigenvalue weighted by molar-refractivity contribution is 0.389. The van der Waals surface area contributed by atoms with E-state index in [1.165, 1.54) is 36.6 Å². The first-order chi connectivity index (χ1) is 7.61. The number of hydrogen-bond donors (Lipinski definition) is 1. The van der Waals surface area contributed by atoms with Gasteiger partial charge in [-0.05, 0) is 32.6 Å². The molecule has 1 aliphatic heterocycles. The molecule has 2 rings (SSSR count). The molecule has 0 aromatic carbocycles. The summed E-state index contributed by atoms with van der Waals surface area (Å²) in [6.07, 6.45) is 7.68. The molecule has 1 heterocycles. The summed E-state index contributed by atoms with van der Waals surface area (Å²) in [5.74, 6) is 1.21. The molecule has 0 aromatic heterocycles. The van der Waals surface area contributed by atoms with Crippen LogP contribution in [0.4, 0.5) is 0 Å². The second kappa shape index (κ2) is 4.59. The average molecular weight is 240 g/mol. The standard InChI is InChI=1S/C13H24N2S/c1-4-12(3,5-2)14-11-15-13(10-16-11)8-6-7-9-13/h4-10H2,1-3H3,(H,14,15). The fourth-order valence-electron chi connectivity index (χ4n) is 2.52. The second-order valence-electron chi connectivity index (χ2n) is 5.53. The zero-order chi connectivity index (χ0) is 11.6. The SMILES string of the molecule is CCC(C)(CC)NC1=NC2(CCCC2)CS1. The highest BCUT2D eigenvalue weighted by Crippen LogP contribution is 2.41. The van der Waals surface area contributed by atoms with Gasteiger partial charge in [-0.25, -0.2) is 0 Å². The van der Waals surface area contributed by atoms with E-state index in [4.69, 9.17) is 4.99 Å². The van der Waals surface area contributed by atoms with Gasteiger partial charge >= 0.3 is 0 Å². The zero-order valence-electron chi connectivity index (χ0n) is 10.8. The number of nitrogens with one attached hydrogen (secondary N) is 1. The molecule has 1 spiro atoms. The fraction of sp³-hybridized carbons (Fsp3) is 0.923. The Bertz CT molecular complexity index is 276. The van der Waals surface area contributed by atoms with Gasteiger partial charge in [0, 0.05) is 11.3 Å². The Kier molecular flexibility index (Phi) is 3.53. The smallest absolute Gasteiger partial charge is 0.157 e. The number of rotatable bonds is 3. The molecule has 0 bridgehead atoms. The molecule has 2 nitrogen and oxygen atoms in total. The summed E-state index contributed by atoms with van der Waals surface area (Å²) < 4.78 is 0. The van der Waals surface area contributed by atoms with Crippen LogP contribution < -0.4 is 5.32 Å². The van der Waals surface area contributed by atoms with Crippen LogP contribution in [0.1, 0.15) is 59.3 Å². The van der Waals surface area contributed by atoms with Crippen LogP contribution in [0.15, 0.2) is 4.99 Å². The molecule has 1 saturated carbocycles. The quantitative estimate of drug-likeness (QED) is 0.815. The lowest BCUT2D eigenvalue weighted by Gasteiger charge is -2.29. The van der Waals surface area contributed by atoms with E-state index in [0.717, 1.165) is 12.8 Å². The highest BCUT2D eigenvalue weighted by atomic mass is 32.2. The predicted molar refractivity (Wildman–Crippen MR) is 73.2 cm³/mol. The van der Waals surface area contributed by atoms with Gasteiger partial charge in [-0.2, -0.15) is 0 Å². The van der Waals surface area contributed by atoms with Crippen molar-refractivity contribution in [2.75, 3.05) is 5.75 Å². The van der Waals surface area contributed by atoms with Gasteiger partial charge in [-0.15, -0.1) is 0 Å². The molecule has 1 N–H and O–H groups in total. The monoisotopic (exact) mass is 240 g/mol. The normalized spacial score (nSPS) is 23.8. The van der Waals surface area contributed by atoms with Crippen LogP contribution in [0.2, 0.25) is 0 Å². The molecular formula is C13H24N2S. The van der Waals surface area contributed by atoms with E-state index >= 15 is 0 Å². The third-order valence-electron chi connectivity index (χ3n) is 4.32. The van der Waals surface area contributed by atoms with Gasteiger partial charge in [0.1, 0.15) is 0 Å². The minimum atomic E-state index is 0.232. The minimum absolute atomic E-state index is 0.232. The maximum Gasteiger partial charge on any atom is 0.157 e. The van der Waals surface area contributed by atoms with Crippen LogP contribution in [0.3, 0.4) is 0 Å². The third-order valence-corrected chi connectivity index (χ3v) is 5.47. The summed E-state index contributed by atoms with van der Waals surface area (Å²) >= 11 is 1.93. The van der Waals surface area contributed by atoms with Crippen molar-refractivity contribution in [3.05, 3.63) is 0 Å². The van der Waals surface area contributed by atoms with Crippen molar-refractivity contribution < 1.29 is 0 Å². The zero-order valence-corrected chi connectivity index (χ0v) is 11.6. The first kappa shape index (κ1) is 12.3. The summed E-state index contributed by atoms with van der Waals surface area (Å²) in [6, 6.07) is 0. The van der Waals surface area contributed by atoms with Crippen molar-refractivity contribution in [2.45, 2.75) is 70.4 Å². The van der Waals surface area contributed by atoms with Crippen LogP contribution in [0.25, 0.3) is 0 Å². The molecular weight excluding hydrogens is 216 g/mol. The van der Waals surface area contributed by atoms with Crippen molar-refractivity contribution >= 4 is 16.9 Å². The van der Waals surface area contributed by atoms with E-state index in [9.17, 15) is 0 Å². The Labute approximate surface area is 104 Å². The van der Waals surface area contributed by atoms with Crippen LogP contribution in [0.5, 0.6) is 0 Å². The van der Waals surface area contributed by atoms with Crippen molar-refractivity contribution in [1.82, 2.24) is 5.32 Å². The van der Waals surface area contributed by atoms with Crippen LogP contribution in [-0.2, 0) is 0 Å². The molecule has 3 heteroatoms. The van der Waals surface area contributed by atoms with E-state index in [1.807, 2.05) is 11.8 Å². The maximum absolute atomic E-state index is 4.97. The topological polar surface area (TPSA) is 24.4 Å². The predicted octanol–water partition coefficient (Wildman–Crippen LogP) is 3.57. The summed E-state index contributed by atoms with van der Waals surface area (Å²) in [4.78, 5) is 4.97. The molecule has 2 aliphatic rings. The minimum Gasteiger partial charge on any atom is -0.360 e. The molecule has 0 atom stereocenters. The summed E-state index contributed by atoms with van der Waals surface area (Å²) in [6.45, 7) is 6.81. The van der Waals surface area contributed by atoms with Crippen LogP contribution >= 0.6 is 11.8 Å². The second-order valence-corrected chi connectivity index (χ2v) is 6.49. The molecule has 92 valence electrons. The van der Waals surface area contributed by atoms with Gasteiger partial charge in [-0.3, -0.25) is 4.99 Å².